The van der Waals surface area contributed by atoms with Gasteiger partial charge in [-0.25, -0.2) is 0 Å². The molecule has 25 heavy (non-hydrogen) atoms. The molecule has 0 aliphatic heterocycles. The number of thiophene rings is 1. The van der Waals surface area contributed by atoms with Crippen LogP contribution >= 0.6 is 22.9 Å². The second kappa shape index (κ2) is 7.08. The van der Waals surface area contributed by atoms with Crippen LogP contribution in [0.1, 0.15) is 16.6 Å². The number of halogens is 1. The molecule has 0 aliphatic rings. The van der Waals surface area contributed by atoms with E-state index in [0.717, 1.165) is 10.1 Å². The zero-order valence-electron chi connectivity index (χ0n) is 13.1. The summed E-state index contributed by atoms with van der Waals surface area (Å²) in [5.41, 5.74) is -0.150. The van der Waals surface area contributed by atoms with Gasteiger partial charge in [0.1, 0.15) is 16.3 Å². The average Bonchev–Trinajstić information content (AvgIpc) is 2.93. The minimum Gasteiger partial charge on any atom is -0.494 e. The minimum absolute atomic E-state index is 0.0898. The lowest BCUT2D eigenvalue weighted by Gasteiger charge is -2.08. The Balaban J connectivity index is 1.94. The topological polar surface area (TPSA) is 81.5 Å². The SMILES string of the molecule is CCOc1ccc(NC(=O)c2sc3ccccc3c2Cl)c([N+](=O)[O-])c1. The predicted molar refractivity (Wildman–Crippen MR) is 99.1 cm³/mol. The van der Waals surface area contributed by atoms with E-state index >= 15 is 0 Å². The Morgan fingerprint density at radius 1 is 1.32 bits per heavy atom. The highest BCUT2D eigenvalue weighted by Crippen LogP contribution is 2.36. The Bertz CT molecular complexity index is 970. The van der Waals surface area contributed by atoms with Crippen molar-refractivity contribution in [3.63, 3.8) is 0 Å². The molecular formula is C17H13ClN2O4S. The quantitative estimate of drug-likeness (QED) is 0.495. The van der Waals surface area contributed by atoms with Crippen molar-refractivity contribution in [3.8, 4) is 5.75 Å². The van der Waals surface area contributed by atoms with E-state index in [0.29, 0.717) is 22.3 Å². The number of nitro benzene ring substituents is 1. The lowest BCUT2D eigenvalue weighted by atomic mass is 10.2. The molecule has 0 saturated carbocycles. The van der Waals surface area contributed by atoms with Crippen molar-refractivity contribution in [1.29, 1.82) is 0 Å². The molecule has 2 aromatic carbocycles. The molecule has 1 amide bonds. The van der Waals surface area contributed by atoms with Gasteiger partial charge in [0.2, 0.25) is 0 Å². The predicted octanol–water partition coefficient (Wildman–Crippen LogP) is 5.11. The summed E-state index contributed by atoms with van der Waals surface area (Å²) in [5.74, 6) is -0.120. The molecule has 0 fully saturated rings. The molecule has 6 nitrogen and oxygen atoms in total. The van der Waals surface area contributed by atoms with Gasteiger partial charge in [-0.1, -0.05) is 29.8 Å². The number of carbonyl (C=O) groups excluding carboxylic acids is 1. The summed E-state index contributed by atoms with van der Waals surface area (Å²) >= 11 is 7.52. The molecule has 0 aliphatic carbocycles. The second-order valence-electron chi connectivity index (χ2n) is 5.06. The smallest absolute Gasteiger partial charge is 0.296 e. The van der Waals surface area contributed by atoms with E-state index in [2.05, 4.69) is 5.32 Å². The molecule has 1 aromatic heterocycles. The van der Waals surface area contributed by atoms with E-state index in [1.807, 2.05) is 24.3 Å². The zero-order valence-corrected chi connectivity index (χ0v) is 14.7. The van der Waals surface area contributed by atoms with E-state index in [-0.39, 0.29) is 11.4 Å². The third-order valence-electron chi connectivity index (χ3n) is 3.47. The maximum Gasteiger partial charge on any atom is 0.296 e. The number of nitro groups is 1. The van der Waals surface area contributed by atoms with Gasteiger partial charge in [0, 0.05) is 10.1 Å². The Hall–Kier alpha value is -2.64. The summed E-state index contributed by atoms with van der Waals surface area (Å²) in [5, 5.41) is 15.0. The van der Waals surface area contributed by atoms with Crippen LogP contribution < -0.4 is 10.1 Å². The molecule has 0 saturated heterocycles. The normalized spacial score (nSPS) is 10.6. The molecular weight excluding hydrogens is 364 g/mol. The van der Waals surface area contributed by atoms with Crippen LogP contribution in [0.25, 0.3) is 10.1 Å². The second-order valence-corrected chi connectivity index (χ2v) is 6.49. The summed E-state index contributed by atoms with van der Waals surface area (Å²) < 4.78 is 6.14. The van der Waals surface area contributed by atoms with Gasteiger partial charge in [0.25, 0.3) is 11.6 Å². The highest BCUT2D eigenvalue weighted by molar-refractivity contribution is 7.21. The van der Waals surface area contributed by atoms with Crippen LogP contribution in [0.15, 0.2) is 42.5 Å². The van der Waals surface area contributed by atoms with Crippen LogP contribution in [-0.4, -0.2) is 17.4 Å². The molecule has 0 radical (unpaired) electrons. The molecule has 1 N–H and O–H groups in total. The summed E-state index contributed by atoms with van der Waals surface area (Å²) in [4.78, 5) is 23.6. The van der Waals surface area contributed by atoms with Gasteiger partial charge >= 0.3 is 0 Å². The third-order valence-corrected chi connectivity index (χ3v) is 5.14. The van der Waals surface area contributed by atoms with Gasteiger partial charge in [-0.15, -0.1) is 11.3 Å². The number of benzene rings is 2. The summed E-state index contributed by atoms with van der Waals surface area (Å²) in [7, 11) is 0. The van der Waals surface area contributed by atoms with Gasteiger partial charge in [0.15, 0.2) is 0 Å². The number of nitrogens with one attached hydrogen (secondary N) is 1. The number of nitrogens with zero attached hydrogens (tertiary/aromatic N) is 1. The number of fused-ring (bicyclic) bond motifs is 1. The fourth-order valence-corrected chi connectivity index (χ4v) is 3.78. The van der Waals surface area contributed by atoms with Crippen LogP contribution in [0.5, 0.6) is 5.75 Å². The minimum atomic E-state index is -0.565. The number of hydrogen-bond acceptors (Lipinski definition) is 5. The molecule has 0 spiro atoms. The Labute approximate surface area is 152 Å². The van der Waals surface area contributed by atoms with Gasteiger partial charge < -0.3 is 10.1 Å². The van der Waals surface area contributed by atoms with Crippen LogP contribution in [-0.2, 0) is 0 Å². The van der Waals surface area contributed by atoms with Gasteiger partial charge in [0.05, 0.1) is 22.6 Å². The molecule has 1 heterocycles. The first-order valence-corrected chi connectivity index (χ1v) is 8.60. The number of hydrogen-bond donors (Lipinski definition) is 1. The fourth-order valence-electron chi connectivity index (χ4n) is 2.36. The lowest BCUT2D eigenvalue weighted by Crippen LogP contribution is -2.12. The van der Waals surface area contributed by atoms with Gasteiger partial charge in [-0.3, -0.25) is 14.9 Å². The molecule has 3 aromatic rings. The summed E-state index contributed by atoms with van der Waals surface area (Å²) in [6.07, 6.45) is 0. The van der Waals surface area contributed by atoms with Crippen molar-refractivity contribution in [2.24, 2.45) is 0 Å². The van der Waals surface area contributed by atoms with Crippen molar-refractivity contribution in [2.75, 3.05) is 11.9 Å². The van der Waals surface area contributed by atoms with Gasteiger partial charge in [-0.05, 0) is 25.1 Å². The first-order chi connectivity index (χ1) is 12.0. The number of anilines is 1. The largest absolute Gasteiger partial charge is 0.494 e. The highest BCUT2D eigenvalue weighted by Gasteiger charge is 2.21. The molecule has 3 rings (SSSR count). The Morgan fingerprint density at radius 2 is 2.08 bits per heavy atom. The zero-order chi connectivity index (χ0) is 18.0. The monoisotopic (exact) mass is 376 g/mol. The molecule has 8 heteroatoms. The Morgan fingerprint density at radius 3 is 2.76 bits per heavy atom. The fraction of sp³-hybridized carbons (Fsp3) is 0.118. The van der Waals surface area contributed by atoms with Crippen LogP contribution in [0.4, 0.5) is 11.4 Å². The van der Waals surface area contributed by atoms with Crippen molar-refractivity contribution in [1.82, 2.24) is 0 Å². The Kier molecular flexibility index (Phi) is 4.87. The number of amides is 1. The molecule has 0 atom stereocenters. The maximum atomic E-state index is 12.6. The van der Waals surface area contributed by atoms with Crippen LogP contribution in [0, 0.1) is 10.1 Å². The average molecular weight is 377 g/mol. The van der Waals surface area contributed by atoms with Crippen LogP contribution in [0.2, 0.25) is 5.02 Å². The summed E-state index contributed by atoms with van der Waals surface area (Å²) in [6, 6.07) is 11.7. The van der Waals surface area contributed by atoms with Crippen LogP contribution in [0.3, 0.4) is 0 Å². The molecule has 0 unspecified atom stereocenters. The molecule has 0 bridgehead atoms. The number of ether oxygens (including phenoxy) is 1. The van der Waals surface area contributed by atoms with E-state index in [4.69, 9.17) is 16.3 Å². The maximum absolute atomic E-state index is 12.6. The summed E-state index contributed by atoms with van der Waals surface area (Å²) in [6.45, 7) is 2.17. The van der Waals surface area contributed by atoms with E-state index < -0.39 is 10.8 Å². The highest BCUT2D eigenvalue weighted by atomic mass is 35.5. The van der Waals surface area contributed by atoms with Gasteiger partial charge in [-0.2, -0.15) is 0 Å². The standard InChI is InChI=1S/C17H13ClN2O4S/c1-2-24-10-7-8-12(13(9-10)20(22)23)19-17(21)16-15(18)11-5-3-4-6-14(11)25-16/h3-9H,2H2,1H3,(H,19,21). The van der Waals surface area contributed by atoms with Crippen molar-refractivity contribution in [3.05, 3.63) is 62.5 Å². The molecule has 128 valence electrons. The number of carbonyl (C=O) groups is 1. The van der Waals surface area contributed by atoms with Crippen molar-refractivity contribution < 1.29 is 14.5 Å². The first-order valence-electron chi connectivity index (χ1n) is 7.41. The third kappa shape index (κ3) is 3.42. The van der Waals surface area contributed by atoms with E-state index in [9.17, 15) is 14.9 Å². The van der Waals surface area contributed by atoms with Crippen molar-refractivity contribution >= 4 is 50.3 Å². The first kappa shape index (κ1) is 17.2. The van der Waals surface area contributed by atoms with Crippen molar-refractivity contribution in [2.45, 2.75) is 6.92 Å². The number of rotatable bonds is 5. The van der Waals surface area contributed by atoms with E-state index in [1.54, 1.807) is 13.0 Å². The lowest BCUT2D eigenvalue weighted by molar-refractivity contribution is -0.384. The van der Waals surface area contributed by atoms with E-state index in [1.165, 1.54) is 23.5 Å².